The number of carboxylic acid groups (broad SMARTS) is 1. The topological polar surface area (TPSA) is 58.6 Å². The smallest absolute Gasteiger partial charge is 0.337 e. The second kappa shape index (κ2) is 4.98. The van der Waals surface area contributed by atoms with Crippen LogP contribution < -0.4 is 5.32 Å². The van der Waals surface area contributed by atoms with Crippen LogP contribution in [0.25, 0.3) is 0 Å². The van der Waals surface area contributed by atoms with Crippen molar-refractivity contribution in [3.63, 3.8) is 0 Å². The quantitative estimate of drug-likeness (QED) is 0.861. The minimum absolute atomic E-state index is 0.182. The van der Waals surface area contributed by atoms with Crippen LogP contribution in [0.5, 0.6) is 0 Å². The van der Waals surface area contributed by atoms with Gasteiger partial charge in [0.2, 0.25) is 0 Å². The number of ether oxygens (including phenoxy) is 1. The second-order valence-corrected chi connectivity index (χ2v) is 5.06. The molecule has 1 atom stereocenters. The predicted molar refractivity (Wildman–Crippen MR) is 70.2 cm³/mol. The number of carboxylic acids is 1. The number of para-hydroxylation sites is 1. The first kappa shape index (κ1) is 12.9. The van der Waals surface area contributed by atoms with Gasteiger partial charge in [-0.2, -0.15) is 0 Å². The summed E-state index contributed by atoms with van der Waals surface area (Å²) in [5.41, 5.74) is 1.77. The molecule has 1 aliphatic heterocycles. The van der Waals surface area contributed by atoms with E-state index in [9.17, 15) is 9.90 Å². The third kappa shape index (κ3) is 2.64. The Morgan fingerprint density at radius 1 is 1.56 bits per heavy atom. The summed E-state index contributed by atoms with van der Waals surface area (Å²) >= 11 is 0. The van der Waals surface area contributed by atoms with Crippen molar-refractivity contribution < 1.29 is 14.6 Å². The fourth-order valence-corrected chi connectivity index (χ4v) is 2.33. The maximum atomic E-state index is 11.2. The third-order valence-corrected chi connectivity index (χ3v) is 3.44. The molecule has 1 aliphatic rings. The number of benzene rings is 1. The van der Waals surface area contributed by atoms with E-state index in [0.717, 1.165) is 25.0 Å². The minimum atomic E-state index is -0.904. The van der Waals surface area contributed by atoms with Gasteiger partial charge in [0, 0.05) is 13.2 Å². The van der Waals surface area contributed by atoms with Crippen LogP contribution in [0.4, 0.5) is 5.69 Å². The molecule has 18 heavy (non-hydrogen) atoms. The summed E-state index contributed by atoms with van der Waals surface area (Å²) in [5.74, 6) is -0.904. The monoisotopic (exact) mass is 249 g/mol. The highest BCUT2D eigenvalue weighted by Crippen LogP contribution is 2.27. The molecule has 4 nitrogen and oxygen atoms in total. The normalized spacial score (nSPS) is 23.0. The van der Waals surface area contributed by atoms with Gasteiger partial charge in [0.25, 0.3) is 0 Å². The first-order chi connectivity index (χ1) is 8.52. The van der Waals surface area contributed by atoms with Gasteiger partial charge in [0.05, 0.1) is 16.9 Å². The molecule has 1 saturated heterocycles. The maximum Gasteiger partial charge on any atom is 0.337 e. The van der Waals surface area contributed by atoms with Gasteiger partial charge in [-0.15, -0.1) is 0 Å². The van der Waals surface area contributed by atoms with E-state index in [-0.39, 0.29) is 5.60 Å². The van der Waals surface area contributed by atoms with Crippen molar-refractivity contribution in [1.82, 2.24) is 0 Å². The van der Waals surface area contributed by atoms with Crippen LogP contribution in [0.2, 0.25) is 0 Å². The summed E-state index contributed by atoms with van der Waals surface area (Å²) in [4.78, 5) is 11.2. The van der Waals surface area contributed by atoms with Gasteiger partial charge in [-0.1, -0.05) is 12.1 Å². The van der Waals surface area contributed by atoms with Gasteiger partial charge in [-0.25, -0.2) is 4.79 Å². The molecule has 1 heterocycles. The summed E-state index contributed by atoms with van der Waals surface area (Å²) in [6, 6.07) is 5.29. The molecule has 98 valence electrons. The molecular formula is C14H19NO3. The molecule has 1 aromatic rings. The fraction of sp³-hybridized carbons (Fsp3) is 0.500. The Balaban J connectivity index is 2.15. The van der Waals surface area contributed by atoms with Crippen LogP contribution in [0.3, 0.4) is 0 Å². The zero-order valence-corrected chi connectivity index (χ0v) is 10.8. The van der Waals surface area contributed by atoms with E-state index in [0.29, 0.717) is 17.8 Å². The van der Waals surface area contributed by atoms with Crippen molar-refractivity contribution in [3.05, 3.63) is 29.3 Å². The maximum absolute atomic E-state index is 11.2. The van der Waals surface area contributed by atoms with Gasteiger partial charge in [0.1, 0.15) is 0 Å². The Labute approximate surface area is 107 Å². The lowest BCUT2D eigenvalue weighted by molar-refractivity contribution is 0.0314. The molecule has 2 rings (SSSR count). The van der Waals surface area contributed by atoms with Crippen LogP contribution in [0, 0.1) is 6.92 Å². The standard InChI is InChI=1S/C14H19NO3/c1-10-5-3-6-11(13(16)17)12(10)15-9-14(2)7-4-8-18-14/h3,5-6,15H,4,7-9H2,1-2H3,(H,16,17). The molecule has 0 amide bonds. The largest absolute Gasteiger partial charge is 0.478 e. The zero-order chi connectivity index (χ0) is 13.2. The number of carbonyl (C=O) groups is 1. The highest BCUT2D eigenvalue weighted by Gasteiger charge is 2.29. The van der Waals surface area contributed by atoms with E-state index in [1.807, 2.05) is 13.0 Å². The molecule has 2 N–H and O–H groups in total. The second-order valence-electron chi connectivity index (χ2n) is 5.06. The number of hydrogen-bond acceptors (Lipinski definition) is 3. The molecule has 1 unspecified atom stereocenters. The van der Waals surface area contributed by atoms with E-state index in [1.165, 1.54) is 0 Å². The van der Waals surface area contributed by atoms with E-state index >= 15 is 0 Å². The molecule has 1 fully saturated rings. The number of aromatic carboxylic acids is 1. The van der Waals surface area contributed by atoms with Gasteiger partial charge in [0.15, 0.2) is 0 Å². The molecule has 0 spiro atoms. The first-order valence-electron chi connectivity index (χ1n) is 6.23. The Bertz CT molecular complexity index is 450. The lowest BCUT2D eigenvalue weighted by Crippen LogP contribution is -2.33. The summed E-state index contributed by atoms with van der Waals surface area (Å²) < 4.78 is 5.69. The van der Waals surface area contributed by atoms with Crippen LogP contribution >= 0.6 is 0 Å². The highest BCUT2D eigenvalue weighted by molar-refractivity contribution is 5.95. The van der Waals surface area contributed by atoms with Crippen LogP contribution in [-0.4, -0.2) is 29.8 Å². The Kier molecular flexibility index (Phi) is 3.57. The van der Waals surface area contributed by atoms with Crippen LogP contribution in [0.1, 0.15) is 35.7 Å². The van der Waals surface area contributed by atoms with Crippen molar-refractivity contribution in [2.45, 2.75) is 32.3 Å². The van der Waals surface area contributed by atoms with Crippen molar-refractivity contribution in [2.75, 3.05) is 18.5 Å². The molecule has 4 heteroatoms. The molecule has 0 saturated carbocycles. The third-order valence-electron chi connectivity index (χ3n) is 3.44. The minimum Gasteiger partial charge on any atom is -0.478 e. The molecule has 0 aromatic heterocycles. The van der Waals surface area contributed by atoms with Gasteiger partial charge < -0.3 is 15.2 Å². The molecular weight excluding hydrogens is 230 g/mol. The number of anilines is 1. The number of hydrogen-bond donors (Lipinski definition) is 2. The first-order valence-corrected chi connectivity index (χ1v) is 6.23. The average Bonchev–Trinajstić information content (AvgIpc) is 2.74. The van der Waals surface area contributed by atoms with E-state index in [2.05, 4.69) is 12.2 Å². The van der Waals surface area contributed by atoms with E-state index in [1.54, 1.807) is 12.1 Å². The van der Waals surface area contributed by atoms with Gasteiger partial charge >= 0.3 is 5.97 Å². The van der Waals surface area contributed by atoms with Crippen molar-refractivity contribution in [3.8, 4) is 0 Å². The van der Waals surface area contributed by atoms with Crippen LogP contribution in [-0.2, 0) is 4.74 Å². The highest BCUT2D eigenvalue weighted by atomic mass is 16.5. The summed E-state index contributed by atoms with van der Waals surface area (Å²) in [5, 5.41) is 12.4. The summed E-state index contributed by atoms with van der Waals surface area (Å²) in [6.45, 7) is 5.40. The van der Waals surface area contributed by atoms with Crippen LogP contribution in [0.15, 0.2) is 18.2 Å². The SMILES string of the molecule is Cc1cccc(C(=O)O)c1NCC1(C)CCCO1. The lowest BCUT2D eigenvalue weighted by atomic mass is 10.0. The molecule has 1 aromatic carbocycles. The number of nitrogens with one attached hydrogen (secondary N) is 1. The Morgan fingerprint density at radius 2 is 2.33 bits per heavy atom. The number of rotatable bonds is 4. The van der Waals surface area contributed by atoms with Crippen molar-refractivity contribution >= 4 is 11.7 Å². The summed E-state index contributed by atoms with van der Waals surface area (Å²) in [6.07, 6.45) is 2.08. The Morgan fingerprint density at radius 3 is 2.94 bits per heavy atom. The lowest BCUT2D eigenvalue weighted by Gasteiger charge is -2.25. The molecule has 0 bridgehead atoms. The summed E-state index contributed by atoms with van der Waals surface area (Å²) in [7, 11) is 0. The van der Waals surface area contributed by atoms with Gasteiger partial charge in [-0.05, 0) is 38.3 Å². The van der Waals surface area contributed by atoms with E-state index in [4.69, 9.17) is 4.74 Å². The van der Waals surface area contributed by atoms with Crippen molar-refractivity contribution in [1.29, 1.82) is 0 Å². The van der Waals surface area contributed by atoms with Crippen molar-refractivity contribution in [2.24, 2.45) is 0 Å². The number of aryl methyl sites for hydroxylation is 1. The average molecular weight is 249 g/mol. The van der Waals surface area contributed by atoms with E-state index < -0.39 is 5.97 Å². The zero-order valence-electron chi connectivity index (χ0n) is 10.8. The Hall–Kier alpha value is -1.55. The molecule has 0 radical (unpaired) electrons. The molecule has 0 aliphatic carbocycles. The predicted octanol–water partition coefficient (Wildman–Crippen LogP) is 2.67. The fourth-order valence-electron chi connectivity index (χ4n) is 2.33. The van der Waals surface area contributed by atoms with Gasteiger partial charge in [-0.3, -0.25) is 0 Å².